The predicted octanol–water partition coefficient (Wildman–Crippen LogP) is 0.372. The summed E-state index contributed by atoms with van der Waals surface area (Å²) in [5.41, 5.74) is 0. The second kappa shape index (κ2) is 8.11. The van der Waals surface area contributed by atoms with Crippen LogP contribution in [0.2, 0.25) is 0 Å². The molecule has 19 heavy (non-hydrogen) atoms. The molecule has 2 N–H and O–H groups in total. The van der Waals surface area contributed by atoms with E-state index in [9.17, 15) is 8.42 Å². The summed E-state index contributed by atoms with van der Waals surface area (Å²) >= 11 is 0. The first-order chi connectivity index (χ1) is 9.10. The molecule has 7 heteroatoms. The number of hydrogen-bond donors (Lipinski definition) is 2. The van der Waals surface area contributed by atoms with Crippen LogP contribution < -0.4 is 9.46 Å². The van der Waals surface area contributed by atoms with Crippen molar-refractivity contribution < 1.29 is 23.0 Å². The Hall–Kier alpha value is -1.15. The van der Waals surface area contributed by atoms with Gasteiger partial charge in [0.25, 0.3) is 0 Å². The Balaban J connectivity index is 2.58. The molecule has 108 valence electrons. The molecule has 0 fully saturated rings. The van der Waals surface area contributed by atoms with Crippen molar-refractivity contribution in [2.45, 2.75) is 11.8 Å². The van der Waals surface area contributed by atoms with E-state index in [0.29, 0.717) is 19.0 Å². The summed E-state index contributed by atoms with van der Waals surface area (Å²) in [5.74, 6) is 0.516. The summed E-state index contributed by atoms with van der Waals surface area (Å²) in [5, 5.41) is 8.61. The van der Waals surface area contributed by atoms with Gasteiger partial charge in [0.15, 0.2) is 0 Å². The van der Waals surface area contributed by atoms with Gasteiger partial charge in [0.2, 0.25) is 10.0 Å². The zero-order chi connectivity index (χ0) is 14.1. The van der Waals surface area contributed by atoms with Crippen molar-refractivity contribution in [2.24, 2.45) is 0 Å². The smallest absolute Gasteiger partial charge is 0.240 e. The summed E-state index contributed by atoms with van der Waals surface area (Å²) in [6, 6.07) is 6.00. The zero-order valence-corrected chi connectivity index (χ0v) is 11.6. The van der Waals surface area contributed by atoms with E-state index in [1.807, 2.05) is 6.92 Å². The maximum Gasteiger partial charge on any atom is 0.240 e. The maximum absolute atomic E-state index is 11.9. The van der Waals surface area contributed by atoms with Crippen LogP contribution >= 0.6 is 0 Å². The van der Waals surface area contributed by atoms with Crippen molar-refractivity contribution >= 4 is 10.0 Å². The fourth-order valence-electron chi connectivity index (χ4n) is 1.35. The highest BCUT2D eigenvalue weighted by Gasteiger charge is 2.12. The van der Waals surface area contributed by atoms with E-state index in [1.165, 1.54) is 12.1 Å². The molecule has 0 aliphatic heterocycles. The quantitative estimate of drug-likeness (QED) is 0.642. The van der Waals surface area contributed by atoms with Crippen LogP contribution in [0.4, 0.5) is 0 Å². The van der Waals surface area contributed by atoms with Crippen LogP contribution in [-0.2, 0) is 14.8 Å². The molecule has 0 bridgehead atoms. The number of hydrogen-bond acceptors (Lipinski definition) is 5. The molecule has 0 saturated carbocycles. The highest BCUT2D eigenvalue weighted by atomic mass is 32.2. The molecule has 1 rings (SSSR count). The van der Waals surface area contributed by atoms with E-state index in [2.05, 4.69) is 4.72 Å². The highest BCUT2D eigenvalue weighted by molar-refractivity contribution is 7.89. The van der Waals surface area contributed by atoms with E-state index in [1.54, 1.807) is 12.1 Å². The van der Waals surface area contributed by atoms with Crippen LogP contribution in [0.25, 0.3) is 0 Å². The van der Waals surface area contributed by atoms with E-state index in [0.717, 1.165) is 0 Å². The van der Waals surface area contributed by atoms with Gasteiger partial charge in [0.1, 0.15) is 12.4 Å². The summed E-state index contributed by atoms with van der Waals surface area (Å²) in [6.45, 7) is 3.07. The molecule has 0 aliphatic rings. The number of aliphatic hydroxyl groups is 1. The first-order valence-corrected chi connectivity index (χ1v) is 7.49. The lowest BCUT2D eigenvalue weighted by atomic mass is 10.3. The second-order valence-electron chi connectivity index (χ2n) is 3.64. The lowest BCUT2D eigenvalue weighted by molar-refractivity contribution is 0.153. The van der Waals surface area contributed by atoms with Crippen LogP contribution in [0.15, 0.2) is 29.2 Å². The molecule has 1 aromatic rings. The Morgan fingerprint density at radius 1 is 1.21 bits per heavy atom. The normalized spacial score (nSPS) is 11.5. The lowest BCUT2D eigenvalue weighted by Gasteiger charge is -2.08. The van der Waals surface area contributed by atoms with Crippen LogP contribution in [0.5, 0.6) is 5.75 Å². The fraction of sp³-hybridized carbons (Fsp3) is 0.500. The van der Waals surface area contributed by atoms with Gasteiger partial charge in [0.05, 0.1) is 18.1 Å². The van der Waals surface area contributed by atoms with Gasteiger partial charge < -0.3 is 14.6 Å². The first-order valence-electron chi connectivity index (χ1n) is 6.01. The van der Waals surface area contributed by atoms with Crippen LogP contribution in [0.1, 0.15) is 6.92 Å². The average molecular weight is 289 g/mol. The van der Waals surface area contributed by atoms with E-state index < -0.39 is 10.0 Å². The van der Waals surface area contributed by atoms with Crippen molar-refractivity contribution in [3.05, 3.63) is 24.3 Å². The summed E-state index contributed by atoms with van der Waals surface area (Å²) in [7, 11) is -3.51. The van der Waals surface area contributed by atoms with Crippen LogP contribution in [0, 0.1) is 0 Å². The molecule has 6 nitrogen and oxygen atoms in total. The number of sulfonamides is 1. The van der Waals surface area contributed by atoms with Gasteiger partial charge in [0, 0.05) is 13.2 Å². The van der Waals surface area contributed by atoms with Gasteiger partial charge in [-0.05, 0) is 31.2 Å². The molecule has 0 amide bonds. The third-order valence-electron chi connectivity index (χ3n) is 2.24. The molecule has 0 heterocycles. The van der Waals surface area contributed by atoms with Crippen molar-refractivity contribution in [3.63, 3.8) is 0 Å². The standard InChI is InChI=1S/C12H19NO5S/c1-2-17-9-7-13-19(15,16)12-5-3-11(4-6-12)18-10-8-14/h3-6,13-14H,2,7-10H2,1H3. The number of benzene rings is 1. The largest absolute Gasteiger partial charge is 0.491 e. The molecule has 0 atom stereocenters. The summed E-state index contributed by atoms with van der Waals surface area (Å²) in [6.07, 6.45) is 0. The van der Waals surface area contributed by atoms with Gasteiger partial charge in [-0.15, -0.1) is 0 Å². The molecule has 0 unspecified atom stereocenters. The summed E-state index contributed by atoms with van der Waals surface area (Å²) < 4.78 is 36.4. The van der Waals surface area contributed by atoms with Gasteiger partial charge in [-0.3, -0.25) is 0 Å². The summed E-state index contributed by atoms with van der Waals surface area (Å²) in [4.78, 5) is 0.167. The van der Waals surface area contributed by atoms with E-state index in [-0.39, 0.29) is 24.7 Å². The van der Waals surface area contributed by atoms with Crippen molar-refractivity contribution in [1.29, 1.82) is 0 Å². The minimum Gasteiger partial charge on any atom is -0.491 e. The van der Waals surface area contributed by atoms with Crippen LogP contribution in [-0.4, -0.2) is 46.5 Å². The minimum absolute atomic E-state index is 0.0843. The topological polar surface area (TPSA) is 84.9 Å². The van der Waals surface area contributed by atoms with E-state index in [4.69, 9.17) is 14.6 Å². The van der Waals surface area contributed by atoms with Crippen molar-refractivity contribution in [3.8, 4) is 5.75 Å². The third-order valence-corrected chi connectivity index (χ3v) is 3.71. The maximum atomic E-state index is 11.9. The van der Waals surface area contributed by atoms with E-state index >= 15 is 0 Å². The molecular formula is C12H19NO5S. The predicted molar refractivity (Wildman–Crippen MR) is 70.7 cm³/mol. The SMILES string of the molecule is CCOCCNS(=O)(=O)c1ccc(OCCO)cc1. The molecular weight excluding hydrogens is 270 g/mol. The third kappa shape index (κ3) is 5.56. The van der Waals surface area contributed by atoms with Gasteiger partial charge in [-0.2, -0.15) is 0 Å². The monoisotopic (exact) mass is 289 g/mol. The number of rotatable bonds is 9. The Kier molecular flexibility index (Phi) is 6.79. The Morgan fingerprint density at radius 3 is 2.47 bits per heavy atom. The molecule has 0 aliphatic carbocycles. The minimum atomic E-state index is -3.51. The zero-order valence-electron chi connectivity index (χ0n) is 10.8. The fourth-order valence-corrected chi connectivity index (χ4v) is 2.37. The van der Waals surface area contributed by atoms with Gasteiger partial charge >= 0.3 is 0 Å². The molecule has 0 aromatic heterocycles. The van der Waals surface area contributed by atoms with Crippen molar-refractivity contribution in [2.75, 3.05) is 33.0 Å². The molecule has 0 spiro atoms. The van der Waals surface area contributed by atoms with Gasteiger partial charge in [-0.1, -0.05) is 0 Å². The number of aliphatic hydroxyl groups excluding tert-OH is 1. The first kappa shape index (κ1) is 15.9. The van der Waals surface area contributed by atoms with Crippen LogP contribution in [0.3, 0.4) is 0 Å². The molecule has 1 aromatic carbocycles. The van der Waals surface area contributed by atoms with Gasteiger partial charge in [-0.25, -0.2) is 13.1 Å². The second-order valence-corrected chi connectivity index (χ2v) is 5.41. The number of ether oxygens (including phenoxy) is 2. The van der Waals surface area contributed by atoms with Crippen molar-refractivity contribution in [1.82, 2.24) is 4.72 Å². The average Bonchev–Trinajstić information content (AvgIpc) is 2.42. The highest BCUT2D eigenvalue weighted by Crippen LogP contribution is 2.15. The molecule has 0 radical (unpaired) electrons. The molecule has 0 saturated heterocycles. The Morgan fingerprint density at radius 2 is 1.89 bits per heavy atom. The Bertz CT molecular complexity index is 458. The lowest BCUT2D eigenvalue weighted by Crippen LogP contribution is -2.27. The number of nitrogens with one attached hydrogen (secondary N) is 1. The Labute approximate surface area is 113 Å².